The Kier molecular flexibility index (Phi) is 11.1. The Labute approximate surface area is 276 Å². The maximum atomic E-state index is 12.4. The van der Waals surface area contributed by atoms with Crippen LogP contribution in [0.1, 0.15) is 34.6 Å². The molecule has 2 amide bonds. The number of allylic oxidation sites excluding steroid dienone is 1. The van der Waals surface area contributed by atoms with Gasteiger partial charge in [0.1, 0.15) is 29.2 Å². The van der Waals surface area contributed by atoms with Gasteiger partial charge in [-0.15, -0.1) is 0 Å². The number of benzene rings is 3. The predicted molar refractivity (Wildman–Crippen MR) is 189 cm³/mol. The molecule has 0 aliphatic carbocycles. The summed E-state index contributed by atoms with van der Waals surface area (Å²) in [5.74, 6) is 2.41. The third-order valence-corrected chi connectivity index (χ3v) is 17.9. The summed E-state index contributed by atoms with van der Waals surface area (Å²) in [6, 6.07) is 31.1. The van der Waals surface area contributed by atoms with Crippen molar-refractivity contribution in [1.29, 1.82) is 0 Å². The molecule has 0 aromatic heterocycles. The minimum atomic E-state index is -5.00. The van der Waals surface area contributed by atoms with Gasteiger partial charge in [-0.3, -0.25) is 0 Å². The van der Waals surface area contributed by atoms with E-state index in [1.165, 1.54) is 20.8 Å². The first-order valence-electron chi connectivity index (χ1n) is 15.4. The molecular formula is C35H45N2O6PSSi. The first kappa shape index (κ1) is 35.7. The van der Waals surface area contributed by atoms with Crippen molar-refractivity contribution in [2.45, 2.75) is 64.8 Å². The lowest BCUT2D eigenvalue weighted by Gasteiger charge is -2.38. The Balaban J connectivity index is 0.000000209. The second-order valence-electron chi connectivity index (χ2n) is 13.0. The number of hydrogen-bond donors (Lipinski definition) is 0. The van der Waals surface area contributed by atoms with Gasteiger partial charge >= 0.3 is 6.03 Å². The van der Waals surface area contributed by atoms with Gasteiger partial charge in [-0.2, -0.15) is 9.35 Å². The van der Waals surface area contributed by atoms with Gasteiger partial charge in [0.25, 0.3) is 0 Å². The van der Waals surface area contributed by atoms with E-state index in [2.05, 4.69) is 148 Å². The SMILES string of the molecule is CC1=C[C@@H](CO[Si](C)(C)C(C)(C)C)N2C[C@@H]1N(OS(=O)(=O)[O-])C2=O.CC=C[P+](c1ccccc1)(c1ccccc1)c1ccccc1. The minimum Gasteiger partial charge on any atom is -0.724 e. The van der Waals surface area contributed by atoms with Crippen molar-refractivity contribution < 1.29 is 26.5 Å². The molecule has 0 saturated carbocycles. The Morgan fingerprint density at radius 2 is 1.37 bits per heavy atom. The van der Waals surface area contributed by atoms with Crippen molar-refractivity contribution in [2.24, 2.45) is 0 Å². The Hall–Kier alpha value is -3.11. The first-order chi connectivity index (χ1) is 21.6. The molecule has 8 nitrogen and oxygen atoms in total. The normalized spacial score (nSPS) is 18.8. The van der Waals surface area contributed by atoms with Crippen LogP contribution in [0.15, 0.2) is 115 Å². The van der Waals surface area contributed by atoms with Crippen molar-refractivity contribution in [1.82, 2.24) is 9.96 Å². The van der Waals surface area contributed by atoms with E-state index in [-0.39, 0.29) is 17.6 Å². The van der Waals surface area contributed by atoms with E-state index in [1.807, 2.05) is 6.08 Å². The molecule has 46 heavy (non-hydrogen) atoms. The molecule has 2 atom stereocenters. The van der Waals surface area contributed by atoms with Crippen LogP contribution in [-0.2, 0) is 19.1 Å². The number of hydroxylamine groups is 2. The van der Waals surface area contributed by atoms with Crippen LogP contribution in [-0.4, -0.2) is 62.5 Å². The van der Waals surface area contributed by atoms with E-state index in [1.54, 1.807) is 6.92 Å². The summed E-state index contributed by atoms with van der Waals surface area (Å²) in [4.78, 5) is 13.9. The van der Waals surface area contributed by atoms with Gasteiger partial charge in [0.05, 0.1) is 25.0 Å². The van der Waals surface area contributed by atoms with Crippen LogP contribution in [0.2, 0.25) is 18.1 Å². The molecule has 1 saturated heterocycles. The van der Waals surface area contributed by atoms with Crippen LogP contribution in [0.25, 0.3) is 0 Å². The molecule has 3 aromatic rings. The quantitative estimate of drug-likeness (QED) is 0.0859. The molecule has 0 radical (unpaired) electrons. The third-order valence-electron chi connectivity index (χ3n) is 8.92. The molecule has 0 unspecified atom stereocenters. The zero-order valence-corrected chi connectivity index (χ0v) is 30.4. The average molecular weight is 681 g/mol. The van der Waals surface area contributed by atoms with Crippen LogP contribution in [0.5, 0.6) is 0 Å². The number of nitrogens with zero attached hydrogens (tertiary/aromatic N) is 2. The molecule has 2 bridgehead atoms. The van der Waals surface area contributed by atoms with E-state index in [9.17, 15) is 17.8 Å². The van der Waals surface area contributed by atoms with Crippen LogP contribution in [0.4, 0.5) is 4.79 Å². The molecular weight excluding hydrogens is 636 g/mol. The van der Waals surface area contributed by atoms with Crippen molar-refractivity contribution in [3.8, 4) is 0 Å². The lowest BCUT2D eigenvalue weighted by molar-refractivity contribution is -0.0224. The van der Waals surface area contributed by atoms with Crippen LogP contribution < -0.4 is 15.9 Å². The smallest absolute Gasteiger partial charge is 0.346 e. The highest BCUT2D eigenvalue weighted by Gasteiger charge is 2.47. The average Bonchev–Trinajstić information content (AvgIpc) is 3.29. The van der Waals surface area contributed by atoms with Crippen molar-refractivity contribution in [2.75, 3.05) is 13.2 Å². The van der Waals surface area contributed by atoms with Gasteiger partial charge in [-0.25, -0.2) is 13.2 Å². The van der Waals surface area contributed by atoms with Gasteiger partial charge in [-0.1, -0.05) is 87.5 Å². The molecule has 1 fully saturated rings. The second-order valence-corrected chi connectivity index (χ2v) is 22.1. The fraction of sp³-hybridized carbons (Fsp3) is 0.343. The second kappa shape index (κ2) is 14.3. The lowest BCUT2D eigenvalue weighted by Crippen LogP contribution is -2.47. The molecule has 0 N–H and O–H groups in total. The summed E-state index contributed by atoms with van der Waals surface area (Å²) in [6.45, 7) is 15.2. The summed E-state index contributed by atoms with van der Waals surface area (Å²) in [5, 5.41) is 4.88. The number of carbonyl (C=O) groups is 1. The number of fused-ring (bicyclic) bond motifs is 2. The Morgan fingerprint density at radius 3 is 1.76 bits per heavy atom. The molecule has 3 aromatic carbocycles. The van der Waals surface area contributed by atoms with Gasteiger partial charge in [0.15, 0.2) is 8.32 Å². The van der Waals surface area contributed by atoms with Crippen molar-refractivity contribution in [3.63, 3.8) is 0 Å². The Morgan fingerprint density at radius 1 is 0.913 bits per heavy atom. The van der Waals surface area contributed by atoms with E-state index in [0.717, 1.165) is 5.57 Å². The van der Waals surface area contributed by atoms with Crippen LogP contribution in [0, 0.1) is 0 Å². The number of carbonyl (C=O) groups excluding carboxylic acids is 1. The fourth-order valence-electron chi connectivity index (χ4n) is 5.46. The minimum absolute atomic E-state index is 0.0454. The number of urea groups is 1. The Bertz CT molecular complexity index is 1550. The highest BCUT2D eigenvalue weighted by atomic mass is 32.3. The van der Waals surface area contributed by atoms with E-state index in [4.69, 9.17) is 4.43 Å². The number of rotatable bonds is 9. The van der Waals surface area contributed by atoms with Crippen LogP contribution >= 0.6 is 7.26 Å². The zero-order chi connectivity index (χ0) is 33.8. The standard InChI is InChI=1S/C21H20P.C14H26N2O6SSi/c1-2-18-22(19-12-6-3-7-13-19,20-14-8-4-9-15-20)21-16-10-5-11-17-21;1-10-7-11(9-21-24(5,6)14(2,3)4)15-8-12(10)16(13(15)17)22-23(18,19)20/h2-18H,1H3;7,11-12H,8-9H2,1-6H3,(H,18,19,20)/q+1;/p-1/t;11-,12-/m.0/s1. The van der Waals surface area contributed by atoms with Crippen molar-refractivity contribution >= 4 is 47.9 Å². The maximum Gasteiger partial charge on any atom is 0.346 e. The van der Waals surface area contributed by atoms with Gasteiger partial charge in [-0.05, 0) is 74.0 Å². The van der Waals surface area contributed by atoms with E-state index >= 15 is 0 Å². The van der Waals surface area contributed by atoms with E-state index in [0.29, 0.717) is 11.7 Å². The topological polar surface area (TPSA) is 99.2 Å². The molecule has 246 valence electrons. The molecule has 0 spiro atoms. The van der Waals surface area contributed by atoms with Crippen LogP contribution in [0.3, 0.4) is 0 Å². The lowest BCUT2D eigenvalue weighted by atomic mass is 10.0. The largest absolute Gasteiger partial charge is 0.724 e. The van der Waals surface area contributed by atoms with E-state index < -0.39 is 38.1 Å². The summed E-state index contributed by atoms with van der Waals surface area (Å²) >= 11 is 0. The van der Waals surface area contributed by atoms with Crippen molar-refractivity contribution in [3.05, 3.63) is 115 Å². The van der Waals surface area contributed by atoms with Gasteiger partial charge in [0.2, 0.25) is 10.4 Å². The fourth-order valence-corrected chi connectivity index (χ4v) is 10.6. The molecule has 2 aliphatic rings. The van der Waals surface area contributed by atoms with Gasteiger partial charge in [0, 0.05) is 0 Å². The summed E-state index contributed by atoms with van der Waals surface area (Å²) in [5.41, 5.74) is 0.782. The summed E-state index contributed by atoms with van der Waals surface area (Å²) < 4.78 is 43.1. The zero-order valence-electron chi connectivity index (χ0n) is 27.7. The summed E-state index contributed by atoms with van der Waals surface area (Å²) in [7, 11) is -8.71. The molecule has 2 heterocycles. The number of amides is 2. The number of hydrogen-bond acceptors (Lipinski definition) is 6. The summed E-state index contributed by atoms with van der Waals surface area (Å²) in [6.07, 6.45) is 4.07. The molecule has 2 aliphatic heterocycles. The first-order valence-corrected chi connectivity index (χ1v) is 21.5. The third kappa shape index (κ3) is 7.87. The highest BCUT2D eigenvalue weighted by Crippen LogP contribution is 2.56. The predicted octanol–water partition coefficient (Wildman–Crippen LogP) is 6.35. The highest BCUT2D eigenvalue weighted by molar-refractivity contribution is 7.98. The monoisotopic (exact) mass is 680 g/mol. The maximum absolute atomic E-state index is 12.4. The molecule has 5 rings (SSSR count). The van der Waals surface area contributed by atoms with Gasteiger partial charge < -0.3 is 13.9 Å². The molecule has 11 heteroatoms.